The number of carbonyl (C=O) groups excluding carboxylic acids is 1. The Morgan fingerprint density at radius 1 is 1.50 bits per heavy atom. The van der Waals surface area contributed by atoms with Gasteiger partial charge in [0.15, 0.2) is 4.96 Å². The summed E-state index contributed by atoms with van der Waals surface area (Å²) in [7, 11) is 0. The molecule has 0 aliphatic carbocycles. The Kier molecular flexibility index (Phi) is 4.20. The molecule has 108 valence electrons. The third kappa shape index (κ3) is 2.34. The van der Waals surface area contributed by atoms with E-state index in [1.807, 2.05) is 13.8 Å². The number of aryl methyl sites for hydroxylation is 2. The van der Waals surface area contributed by atoms with Crippen LogP contribution in [-0.4, -0.2) is 45.0 Å². The second kappa shape index (κ2) is 5.72. The Morgan fingerprint density at radius 2 is 2.20 bits per heavy atom. The molecule has 0 unspecified atom stereocenters. The fourth-order valence-electron chi connectivity index (χ4n) is 2.02. The van der Waals surface area contributed by atoms with Crippen LogP contribution in [0.25, 0.3) is 4.96 Å². The Bertz CT molecular complexity index is 705. The summed E-state index contributed by atoms with van der Waals surface area (Å²) in [6.07, 6.45) is 1.33. The second-order valence-electron chi connectivity index (χ2n) is 4.45. The highest BCUT2D eigenvalue weighted by atomic mass is 32.1. The predicted octanol–water partition coefficient (Wildman–Crippen LogP) is 0.827. The van der Waals surface area contributed by atoms with E-state index in [2.05, 4.69) is 4.98 Å². The van der Waals surface area contributed by atoms with Gasteiger partial charge in [-0.1, -0.05) is 0 Å². The lowest BCUT2D eigenvalue weighted by Crippen LogP contribution is -2.37. The minimum Gasteiger partial charge on any atom is -0.395 e. The molecule has 2 aromatic heterocycles. The Balaban J connectivity index is 2.55. The van der Waals surface area contributed by atoms with E-state index in [4.69, 9.17) is 5.11 Å². The van der Waals surface area contributed by atoms with E-state index in [1.54, 1.807) is 6.92 Å². The predicted molar refractivity (Wildman–Crippen MR) is 77.5 cm³/mol. The fourth-order valence-corrected chi connectivity index (χ4v) is 2.95. The quantitative estimate of drug-likeness (QED) is 0.906. The van der Waals surface area contributed by atoms with Gasteiger partial charge in [0.1, 0.15) is 5.56 Å². The van der Waals surface area contributed by atoms with Crippen LogP contribution in [0.15, 0.2) is 11.0 Å². The first-order valence-electron chi connectivity index (χ1n) is 6.39. The molecule has 2 rings (SSSR count). The molecule has 0 aromatic carbocycles. The van der Waals surface area contributed by atoms with Crippen LogP contribution < -0.4 is 5.56 Å². The molecule has 0 radical (unpaired) electrons. The van der Waals surface area contributed by atoms with Crippen LogP contribution in [0.4, 0.5) is 0 Å². The first-order chi connectivity index (χ1) is 9.51. The van der Waals surface area contributed by atoms with Gasteiger partial charge in [-0.25, -0.2) is 4.98 Å². The van der Waals surface area contributed by atoms with Crippen LogP contribution in [0.1, 0.15) is 27.9 Å². The molecule has 0 saturated heterocycles. The third-order valence-corrected chi connectivity index (χ3v) is 4.36. The van der Waals surface area contributed by atoms with Crippen molar-refractivity contribution in [2.24, 2.45) is 0 Å². The Hall–Kier alpha value is -1.73. The molecule has 1 N–H and O–H groups in total. The molecule has 0 spiro atoms. The van der Waals surface area contributed by atoms with Crippen molar-refractivity contribution in [1.82, 2.24) is 14.3 Å². The number of rotatable bonds is 4. The number of fused-ring (bicyclic) bond motifs is 1. The zero-order chi connectivity index (χ0) is 14.9. The lowest BCUT2D eigenvalue weighted by atomic mass is 10.2. The SMILES string of the molecule is CCN(CCO)C(=O)c1cnc2sc(C)c(C)n2c1=O. The van der Waals surface area contributed by atoms with Crippen molar-refractivity contribution in [1.29, 1.82) is 0 Å². The fraction of sp³-hybridized carbons (Fsp3) is 0.462. The summed E-state index contributed by atoms with van der Waals surface area (Å²) in [4.78, 5) is 32.0. The molecule has 0 saturated carbocycles. The molecule has 0 bridgehead atoms. The molecule has 0 atom stereocenters. The monoisotopic (exact) mass is 295 g/mol. The number of thiazole rings is 1. The summed E-state index contributed by atoms with van der Waals surface area (Å²) >= 11 is 1.42. The van der Waals surface area contributed by atoms with E-state index >= 15 is 0 Å². The van der Waals surface area contributed by atoms with Crippen LogP contribution in [-0.2, 0) is 0 Å². The van der Waals surface area contributed by atoms with Crippen LogP contribution in [0.2, 0.25) is 0 Å². The summed E-state index contributed by atoms with van der Waals surface area (Å²) < 4.78 is 1.47. The van der Waals surface area contributed by atoms with E-state index in [0.29, 0.717) is 11.5 Å². The maximum absolute atomic E-state index is 12.4. The normalized spacial score (nSPS) is 11.0. The highest BCUT2D eigenvalue weighted by molar-refractivity contribution is 7.17. The Labute approximate surface area is 120 Å². The smallest absolute Gasteiger partial charge is 0.271 e. The van der Waals surface area contributed by atoms with Gasteiger partial charge < -0.3 is 10.0 Å². The molecule has 0 fully saturated rings. The van der Waals surface area contributed by atoms with Crippen molar-refractivity contribution in [2.75, 3.05) is 19.7 Å². The number of aliphatic hydroxyl groups excluding tert-OH is 1. The average molecular weight is 295 g/mol. The molecule has 0 aliphatic rings. The number of carbonyl (C=O) groups is 1. The summed E-state index contributed by atoms with van der Waals surface area (Å²) in [6.45, 7) is 6.06. The van der Waals surface area contributed by atoms with Crippen molar-refractivity contribution in [2.45, 2.75) is 20.8 Å². The average Bonchev–Trinajstić information content (AvgIpc) is 2.72. The number of amides is 1. The molecule has 2 aromatic rings. The van der Waals surface area contributed by atoms with Crippen molar-refractivity contribution in [3.63, 3.8) is 0 Å². The van der Waals surface area contributed by atoms with E-state index in [0.717, 1.165) is 10.6 Å². The van der Waals surface area contributed by atoms with Crippen molar-refractivity contribution < 1.29 is 9.90 Å². The van der Waals surface area contributed by atoms with Crippen LogP contribution in [0.5, 0.6) is 0 Å². The first kappa shape index (κ1) is 14.7. The number of hydrogen-bond acceptors (Lipinski definition) is 5. The van der Waals surface area contributed by atoms with Gasteiger partial charge in [0.05, 0.1) is 6.61 Å². The van der Waals surface area contributed by atoms with E-state index in [-0.39, 0.29) is 24.3 Å². The molecular formula is C13H17N3O3S. The zero-order valence-corrected chi connectivity index (χ0v) is 12.5. The third-order valence-electron chi connectivity index (χ3n) is 3.29. The highest BCUT2D eigenvalue weighted by Crippen LogP contribution is 2.18. The second-order valence-corrected chi connectivity index (χ2v) is 5.63. The number of nitrogens with zero attached hydrogens (tertiary/aromatic N) is 3. The van der Waals surface area contributed by atoms with Crippen LogP contribution in [0, 0.1) is 13.8 Å². The van der Waals surface area contributed by atoms with Gasteiger partial charge in [-0.05, 0) is 20.8 Å². The van der Waals surface area contributed by atoms with Gasteiger partial charge in [-0.15, -0.1) is 11.3 Å². The maximum atomic E-state index is 12.4. The van der Waals surface area contributed by atoms with Crippen LogP contribution in [0.3, 0.4) is 0 Å². The van der Waals surface area contributed by atoms with E-state index in [9.17, 15) is 9.59 Å². The summed E-state index contributed by atoms with van der Waals surface area (Å²) in [5.41, 5.74) is 0.499. The van der Waals surface area contributed by atoms with Gasteiger partial charge in [0.25, 0.3) is 11.5 Å². The van der Waals surface area contributed by atoms with E-state index < -0.39 is 5.91 Å². The first-order valence-corrected chi connectivity index (χ1v) is 7.20. The lowest BCUT2D eigenvalue weighted by Gasteiger charge is -2.19. The lowest BCUT2D eigenvalue weighted by molar-refractivity contribution is 0.0729. The largest absolute Gasteiger partial charge is 0.395 e. The van der Waals surface area contributed by atoms with Crippen LogP contribution >= 0.6 is 11.3 Å². The summed E-state index contributed by atoms with van der Waals surface area (Å²) in [6, 6.07) is 0. The van der Waals surface area contributed by atoms with Gasteiger partial charge in [0, 0.05) is 29.9 Å². The Morgan fingerprint density at radius 3 is 2.80 bits per heavy atom. The summed E-state index contributed by atoms with van der Waals surface area (Å²) in [5, 5.41) is 8.96. The van der Waals surface area contributed by atoms with Gasteiger partial charge in [-0.2, -0.15) is 0 Å². The minimum atomic E-state index is -0.392. The number of hydrogen-bond donors (Lipinski definition) is 1. The van der Waals surface area contributed by atoms with Gasteiger partial charge in [-0.3, -0.25) is 14.0 Å². The maximum Gasteiger partial charge on any atom is 0.271 e. The van der Waals surface area contributed by atoms with Crippen molar-refractivity contribution in [3.8, 4) is 0 Å². The van der Waals surface area contributed by atoms with Crippen molar-refractivity contribution in [3.05, 3.63) is 32.7 Å². The van der Waals surface area contributed by atoms with Crippen molar-refractivity contribution >= 4 is 22.2 Å². The zero-order valence-electron chi connectivity index (χ0n) is 11.7. The minimum absolute atomic E-state index is 0.0405. The molecule has 0 aliphatic heterocycles. The van der Waals surface area contributed by atoms with Gasteiger partial charge >= 0.3 is 0 Å². The number of aromatic nitrogens is 2. The number of likely N-dealkylation sites (N-methyl/N-ethyl adjacent to an activating group) is 1. The molecule has 6 nitrogen and oxygen atoms in total. The van der Waals surface area contributed by atoms with Gasteiger partial charge in [0.2, 0.25) is 0 Å². The van der Waals surface area contributed by atoms with E-state index in [1.165, 1.54) is 26.8 Å². The molecule has 2 heterocycles. The standard InChI is InChI=1S/C13H17N3O3S/c1-4-15(5-6-17)11(18)10-7-14-13-16(12(10)19)8(2)9(3)20-13/h7,17H,4-6H2,1-3H3. The molecule has 20 heavy (non-hydrogen) atoms. The molecule has 7 heteroatoms. The topological polar surface area (TPSA) is 74.9 Å². The molecule has 1 amide bonds. The molecular weight excluding hydrogens is 278 g/mol. The highest BCUT2D eigenvalue weighted by Gasteiger charge is 2.20. The number of aliphatic hydroxyl groups is 1. The summed E-state index contributed by atoms with van der Waals surface area (Å²) in [5.74, 6) is -0.392.